The van der Waals surface area contributed by atoms with E-state index in [1.54, 1.807) is 18.2 Å². The Bertz CT molecular complexity index is 1170. The van der Waals surface area contributed by atoms with Crippen LogP contribution < -0.4 is 10.1 Å². The van der Waals surface area contributed by atoms with Crippen LogP contribution in [0.1, 0.15) is 31.2 Å². The first-order chi connectivity index (χ1) is 15.3. The van der Waals surface area contributed by atoms with Gasteiger partial charge in [-0.2, -0.15) is 9.57 Å². The third-order valence-corrected chi connectivity index (χ3v) is 8.29. The lowest BCUT2D eigenvalue weighted by molar-refractivity contribution is -0.120. The Kier molecular flexibility index (Phi) is 6.17. The van der Waals surface area contributed by atoms with Crippen LogP contribution in [0.2, 0.25) is 5.02 Å². The molecule has 1 atom stereocenters. The molecular formula is C23H24ClN3O4S. The lowest BCUT2D eigenvalue weighted by Crippen LogP contribution is -2.43. The van der Waals surface area contributed by atoms with Crippen LogP contribution in [0.5, 0.6) is 5.75 Å². The van der Waals surface area contributed by atoms with Crippen molar-refractivity contribution in [3.05, 3.63) is 53.1 Å². The summed E-state index contributed by atoms with van der Waals surface area (Å²) in [7, 11) is -2.47. The van der Waals surface area contributed by atoms with Gasteiger partial charge in [0.1, 0.15) is 10.6 Å². The zero-order valence-corrected chi connectivity index (χ0v) is 19.2. The minimum absolute atomic E-state index is 0.00403. The fourth-order valence-corrected chi connectivity index (χ4v) is 6.02. The number of sulfonamides is 1. The van der Waals surface area contributed by atoms with Gasteiger partial charge < -0.3 is 10.1 Å². The number of nitrogens with zero attached hydrogens (tertiary/aromatic N) is 2. The zero-order valence-electron chi connectivity index (χ0n) is 17.7. The molecule has 0 radical (unpaired) electrons. The van der Waals surface area contributed by atoms with Crippen LogP contribution in [0.4, 0.5) is 5.69 Å². The topological polar surface area (TPSA) is 99.5 Å². The van der Waals surface area contributed by atoms with Crippen molar-refractivity contribution in [1.29, 1.82) is 5.26 Å². The predicted octanol–water partition coefficient (Wildman–Crippen LogP) is 3.94. The van der Waals surface area contributed by atoms with Crippen LogP contribution >= 0.6 is 11.6 Å². The number of ether oxygens (including phenoxy) is 1. The summed E-state index contributed by atoms with van der Waals surface area (Å²) in [6.07, 6.45) is 2.89. The lowest BCUT2D eigenvalue weighted by Gasteiger charge is -2.31. The van der Waals surface area contributed by atoms with Crippen LogP contribution in [0.25, 0.3) is 0 Å². The van der Waals surface area contributed by atoms with Crippen LogP contribution in [-0.4, -0.2) is 38.8 Å². The molecule has 0 aromatic heterocycles. The molecule has 32 heavy (non-hydrogen) atoms. The first-order valence-corrected chi connectivity index (χ1v) is 12.3. The average Bonchev–Trinajstić information content (AvgIpc) is 3.61. The fraction of sp³-hybridized carbons (Fsp3) is 0.391. The maximum atomic E-state index is 13.2. The highest BCUT2D eigenvalue weighted by atomic mass is 35.5. The van der Waals surface area contributed by atoms with Gasteiger partial charge in [-0.3, -0.25) is 4.79 Å². The molecule has 7 nitrogen and oxygen atoms in total. The average molecular weight is 474 g/mol. The lowest BCUT2D eigenvalue weighted by atomic mass is 9.97. The Morgan fingerprint density at radius 1 is 1.25 bits per heavy atom. The minimum atomic E-state index is -3.87. The molecule has 2 aromatic carbocycles. The van der Waals surface area contributed by atoms with Crippen molar-refractivity contribution < 1.29 is 17.9 Å². The van der Waals surface area contributed by atoms with Crippen molar-refractivity contribution in [2.24, 2.45) is 5.92 Å². The summed E-state index contributed by atoms with van der Waals surface area (Å²) < 4.78 is 33.0. The van der Waals surface area contributed by atoms with Crippen molar-refractivity contribution in [2.75, 3.05) is 25.5 Å². The summed E-state index contributed by atoms with van der Waals surface area (Å²) in [5.41, 5.74) is 1.22. The molecular weight excluding hydrogens is 450 g/mol. The number of nitriles is 1. The number of benzene rings is 2. The third-order valence-electron chi connectivity index (χ3n) is 6.17. The predicted molar refractivity (Wildman–Crippen MR) is 121 cm³/mol. The molecule has 1 amide bonds. The van der Waals surface area contributed by atoms with Gasteiger partial charge in [0.2, 0.25) is 15.9 Å². The molecule has 168 valence electrons. The van der Waals surface area contributed by atoms with E-state index in [1.165, 1.54) is 23.5 Å². The van der Waals surface area contributed by atoms with Crippen LogP contribution in [0.15, 0.2) is 47.4 Å². The molecule has 4 rings (SSSR count). The summed E-state index contributed by atoms with van der Waals surface area (Å²) in [6.45, 7) is 0.409. The fourth-order valence-electron chi connectivity index (χ4n) is 4.07. The van der Waals surface area contributed by atoms with Crippen LogP contribution in [0.3, 0.4) is 0 Å². The van der Waals surface area contributed by atoms with Gasteiger partial charge in [-0.25, -0.2) is 8.42 Å². The van der Waals surface area contributed by atoms with E-state index in [9.17, 15) is 18.5 Å². The Labute approximate surface area is 193 Å². The molecule has 1 N–H and O–H groups in total. The summed E-state index contributed by atoms with van der Waals surface area (Å²) in [6, 6.07) is 14.1. The maximum absolute atomic E-state index is 13.2. The second-order valence-corrected chi connectivity index (χ2v) is 10.6. The van der Waals surface area contributed by atoms with Crippen molar-refractivity contribution in [1.82, 2.24) is 4.31 Å². The molecule has 1 saturated carbocycles. The SMILES string of the molecule is COc1ccc(Cl)cc1S(=O)(=O)N1CCC[C@H](C(=O)Nc2ccc(C3(C#N)CC3)cc2)C1. The first-order valence-electron chi connectivity index (χ1n) is 10.5. The van der Waals surface area contributed by atoms with Crippen molar-refractivity contribution in [3.8, 4) is 11.8 Å². The number of hydrogen-bond donors (Lipinski definition) is 1. The number of piperidine rings is 1. The quantitative estimate of drug-likeness (QED) is 0.684. The number of nitrogens with one attached hydrogen (secondary N) is 1. The highest BCUT2D eigenvalue weighted by molar-refractivity contribution is 7.89. The second kappa shape index (κ2) is 8.74. The first kappa shape index (κ1) is 22.6. The van der Waals surface area contributed by atoms with Gasteiger partial charge in [0.15, 0.2) is 0 Å². The molecule has 0 spiro atoms. The highest BCUT2D eigenvalue weighted by Gasteiger charge is 2.44. The van der Waals surface area contributed by atoms with Gasteiger partial charge in [0, 0.05) is 23.8 Å². The number of rotatable bonds is 6. The van der Waals surface area contributed by atoms with Crippen molar-refractivity contribution >= 4 is 33.2 Å². The number of carbonyl (C=O) groups excluding carboxylic acids is 1. The van der Waals surface area contributed by atoms with E-state index in [2.05, 4.69) is 11.4 Å². The summed E-state index contributed by atoms with van der Waals surface area (Å²) in [4.78, 5) is 12.9. The van der Waals surface area contributed by atoms with E-state index in [-0.39, 0.29) is 28.5 Å². The molecule has 2 fully saturated rings. The molecule has 2 aromatic rings. The standard InChI is InChI=1S/C23H24ClN3O4S/c1-31-20-9-6-18(24)13-21(20)32(29,30)27-12-2-3-16(14-27)22(28)26-19-7-4-17(5-8-19)23(15-25)10-11-23/h4-9,13,16H,2-3,10-12,14H2,1H3,(H,26,28)/t16-/m0/s1. The van der Waals surface area contributed by atoms with E-state index in [1.807, 2.05) is 12.1 Å². The molecule has 0 bridgehead atoms. The molecule has 1 aliphatic carbocycles. The highest BCUT2D eigenvalue weighted by Crippen LogP contribution is 2.47. The van der Waals surface area contributed by atoms with E-state index in [0.29, 0.717) is 30.1 Å². The van der Waals surface area contributed by atoms with E-state index < -0.39 is 15.9 Å². The molecule has 1 saturated heterocycles. The number of halogens is 1. The van der Waals surface area contributed by atoms with Crippen molar-refractivity contribution in [2.45, 2.75) is 36.0 Å². The summed E-state index contributed by atoms with van der Waals surface area (Å²) >= 11 is 6.02. The molecule has 2 aliphatic rings. The molecule has 1 aliphatic heterocycles. The van der Waals surface area contributed by atoms with Gasteiger partial charge in [-0.15, -0.1) is 0 Å². The van der Waals surface area contributed by atoms with E-state index in [4.69, 9.17) is 16.3 Å². The summed E-state index contributed by atoms with van der Waals surface area (Å²) in [5.74, 6) is -0.485. The molecule has 9 heteroatoms. The number of hydrogen-bond acceptors (Lipinski definition) is 5. The van der Waals surface area contributed by atoms with Gasteiger partial charge >= 0.3 is 0 Å². The normalized spacial score (nSPS) is 20.2. The number of carbonyl (C=O) groups is 1. The third kappa shape index (κ3) is 4.33. The minimum Gasteiger partial charge on any atom is -0.495 e. The second-order valence-electron chi connectivity index (χ2n) is 8.26. The maximum Gasteiger partial charge on any atom is 0.246 e. The Hall–Kier alpha value is -2.60. The summed E-state index contributed by atoms with van der Waals surface area (Å²) in [5, 5.41) is 12.5. The van der Waals surface area contributed by atoms with Gasteiger partial charge in [-0.1, -0.05) is 23.7 Å². The van der Waals surface area contributed by atoms with Crippen molar-refractivity contribution in [3.63, 3.8) is 0 Å². The number of amides is 1. The smallest absolute Gasteiger partial charge is 0.246 e. The van der Waals surface area contributed by atoms with E-state index in [0.717, 1.165) is 18.4 Å². The Balaban J connectivity index is 1.46. The van der Waals surface area contributed by atoms with E-state index >= 15 is 0 Å². The monoisotopic (exact) mass is 473 g/mol. The van der Waals surface area contributed by atoms with Gasteiger partial charge in [0.25, 0.3) is 0 Å². The van der Waals surface area contributed by atoms with Crippen LogP contribution in [0, 0.1) is 17.2 Å². The number of methoxy groups -OCH3 is 1. The zero-order chi connectivity index (χ0) is 22.9. The Morgan fingerprint density at radius 2 is 1.97 bits per heavy atom. The number of anilines is 1. The van der Waals surface area contributed by atoms with Crippen LogP contribution in [-0.2, 0) is 20.2 Å². The largest absolute Gasteiger partial charge is 0.495 e. The molecule has 1 heterocycles. The molecule has 0 unspecified atom stereocenters. The van der Waals surface area contributed by atoms with Gasteiger partial charge in [0.05, 0.1) is 24.5 Å². The van der Waals surface area contributed by atoms with Gasteiger partial charge in [-0.05, 0) is 61.6 Å². The Morgan fingerprint density at radius 3 is 2.59 bits per heavy atom.